The number of hydrogen-bond donors (Lipinski definition) is 1. The lowest BCUT2D eigenvalue weighted by molar-refractivity contribution is -0.161. The van der Waals surface area contributed by atoms with E-state index in [4.69, 9.17) is 10.5 Å². The maximum atomic E-state index is 12.1. The number of halogens is 1. The van der Waals surface area contributed by atoms with Crippen LogP contribution in [0.5, 0.6) is 0 Å². The number of hydrogen-bond acceptors (Lipinski definition) is 3. The quantitative estimate of drug-likeness (QED) is 0.328. The summed E-state index contributed by atoms with van der Waals surface area (Å²) < 4.78 is 5.46. The number of carbonyl (C=O) groups excluding carboxylic acids is 1. The van der Waals surface area contributed by atoms with Crippen LogP contribution in [0.1, 0.15) is 59.3 Å². The minimum atomic E-state index is -0.399. The zero-order chi connectivity index (χ0) is 15.6. The molecule has 2 aliphatic carbocycles. The number of rotatable bonds is 3. The lowest BCUT2D eigenvalue weighted by Gasteiger charge is -2.29. The van der Waals surface area contributed by atoms with E-state index in [1.807, 2.05) is 27.8 Å². The number of guanidine groups is 1. The van der Waals surface area contributed by atoms with E-state index in [2.05, 4.69) is 9.89 Å². The highest BCUT2D eigenvalue weighted by atomic mass is 127. The van der Waals surface area contributed by atoms with Gasteiger partial charge in [-0.05, 0) is 59.3 Å². The van der Waals surface area contributed by atoms with Gasteiger partial charge in [0.15, 0.2) is 5.96 Å². The van der Waals surface area contributed by atoms with Crippen LogP contribution >= 0.6 is 24.0 Å². The van der Waals surface area contributed by atoms with Gasteiger partial charge in [0.05, 0.1) is 12.0 Å². The maximum Gasteiger partial charge on any atom is 0.309 e. The summed E-state index contributed by atoms with van der Waals surface area (Å²) in [4.78, 5) is 18.8. The molecule has 5 nitrogen and oxygen atoms in total. The molecule has 0 aliphatic heterocycles. The molecule has 2 saturated carbocycles. The van der Waals surface area contributed by atoms with E-state index < -0.39 is 5.60 Å². The summed E-state index contributed by atoms with van der Waals surface area (Å²) in [6.07, 6.45) is 5.98. The van der Waals surface area contributed by atoms with Gasteiger partial charge in [0, 0.05) is 13.1 Å². The first-order valence-corrected chi connectivity index (χ1v) is 8.05. The van der Waals surface area contributed by atoms with E-state index in [1.165, 1.54) is 12.8 Å². The van der Waals surface area contributed by atoms with Crippen LogP contribution in [0.4, 0.5) is 0 Å². The first kappa shape index (κ1) is 19.5. The SMILES string of the molecule is CN(C(N)=NC1CCC(C(=O)OC(C)(C)C)CC1)C1CC1.I. The number of nitrogens with zero attached hydrogens (tertiary/aromatic N) is 2. The highest BCUT2D eigenvalue weighted by Gasteiger charge is 2.31. The van der Waals surface area contributed by atoms with Gasteiger partial charge in [-0.25, -0.2) is 4.99 Å². The molecule has 22 heavy (non-hydrogen) atoms. The molecular formula is C16H30IN3O2. The lowest BCUT2D eigenvalue weighted by Crippen LogP contribution is -2.37. The molecule has 2 rings (SSSR count). The second-order valence-corrected chi connectivity index (χ2v) is 7.37. The second-order valence-electron chi connectivity index (χ2n) is 7.37. The average molecular weight is 423 g/mol. The van der Waals surface area contributed by atoms with Crippen LogP contribution in [0.3, 0.4) is 0 Å². The minimum Gasteiger partial charge on any atom is -0.460 e. The predicted molar refractivity (Wildman–Crippen MR) is 99.4 cm³/mol. The van der Waals surface area contributed by atoms with Gasteiger partial charge in [0.25, 0.3) is 0 Å². The van der Waals surface area contributed by atoms with Gasteiger partial charge in [0.2, 0.25) is 0 Å². The van der Waals surface area contributed by atoms with Crippen molar-refractivity contribution in [2.45, 2.75) is 77.0 Å². The third-order valence-corrected chi connectivity index (χ3v) is 4.21. The average Bonchev–Trinajstić information content (AvgIpc) is 3.20. The highest BCUT2D eigenvalue weighted by Crippen LogP contribution is 2.29. The number of esters is 1. The Balaban J connectivity index is 0.00000242. The molecule has 2 aliphatic rings. The van der Waals surface area contributed by atoms with Crippen LogP contribution in [-0.2, 0) is 9.53 Å². The van der Waals surface area contributed by atoms with Crippen molar-refractivity contribution >= 4 is 35.9 Å². The van der Waals surface area contributed by atoms with E-state index in [1.54, 1.807) is 0 Å². The van der Waals surface area contributed by atoms with Gasteiger partial charge >= 0.3 is 5.97 Å². The highest BCUT2D eigenvalue weighted by molar-refractivity contribution is 14.0. The molecule has 0 amide bonds. The molecule has 0 radical (unpaired) electrons. The van der Waals surface area contributed by atoms with Crippen molar-refractivity contribution in [2.24, 2.45) is 16.6 Å². The topological polar surface area (TPSA) is 67.9 Å². The Morgan fingerprint density at radius 3 is 2.14 bits per heavy atom. The fourth-order valence-corrected chi connectivity index (χ4v) is 2.75. The minimum absolute atomic E-state index is 0. The normalized spacial score (nSPS) is 26.1. The fourth-order valence-electron chi connectivity index (χ4n) is 2.75. The monoisotopic (exact) mass is 423 g/mol. The third-order valence-electron chi connectivity index (χ3n) is 4.21. The fraction of sp³-hybridized carbons (Fsp3) is 0.875. The molecule has 0 aromatic rings. The zero-order valence-electron chi connectivity index (χ0n) is 14.2. The molecule has 0 aromatic heterocycles. The first-order valence-electron chi connectivity index (χ1n) is 8.05. The molecule has 2 N–H and O–H groups in total. The Bertz CT molecular complexity index is 408. The Morgan fingerprint density at radius 2 is 1.68 bits per heavy atom. The van der Waals surface area contributed by atoms with E-state index in [0.717, 1.165) is 25.7 Å². The summed E-state index contributed by atoms with van der Waals surface area (Å²) in [7, 11) is 2.02. The van der Waals surface area contributed by atoms with Crippen molar-refractivity contribution in [2.75, 3.05) is 7.05 Å². The molecule has 0 aromatic carbocycles. The molecule has 6 heteroatoms. The Kier molecular flexibility index (Phi) is 6.95. The molecule has 0 bridgehead atoms. The van der Waals surface area contributed by atoms with Crippen molar-refractivity contribution in [3.8, 4) is 0 Å². The smallest absolute Gasteiger partial charge is 0.309 e. The van der Waals surface area contributed by atoms with E-state index in [0.29, 0.717) is 12.0 Å². The van der Waals surface area contributed by atoms with Crippen LogP contribution in [0.2, 0.25) is 0 Å². The van der Waals surface area contributed by atoms with Crippen LogP contribution < -0.4 is 5.73 Å². The summed E-state index contributed by atoms with van der Waals surface area (Å²) >= 11 is 0. The number of aliphatic imine (C=N–C) groups is 1. The van der Waals surface area contributed by atoms with Crippen LogP contribution in [-0.4, -0.2) is 41.6 Å². The molecule has 128 valence electrons. The van der Waals surface area contributed by atoms with Crippen molar-refractivity contribution in [1.29, 1.82) is 0 Å². The first-order chi connectivity index (χ1) is 9.76. The van der Waals surface area contributed by atoms with E-state index in [9.17, 15) is 4.79 Å². The third kappa shape index (κ3) is 5.93. The summed E-state index contributed by atoms with van der Waals surface area (Å²) in [6.45, 7) is 5.74. The summed E-state index contributed by atoms with van der Waals surface area (Å²) in [5.74, 6) is 0.615. The molecule has 2 fully saturated rings. The van der Waals surface area contributed by atoms with Crippen molar-refractivity contribution in [3.63, 3.8) is 0 Å². The standard InChI is InChI=1S/C16H29N3O2.HI/c1-16(2,3)21-14(20)11-5-7-12(8-6-11)18-15(17)19(4)13-9-10-13;/h11-13H,5-10H2,1-4H3,(H2,17,18);1H. The van der Waals surface area contributed by atoms with Gasteiger partial charge < -0.3 is 15.4 Å². The Labute approximate surface area is 151 Å². The Morgan fingerprint density at radius 1 is 1.14 bits per heavy atom. The van der Waals surface area contributed by atoms with Crippen molar-refractivity contribution < 1.29 is 9.53 Å². The molecule has 0 unspecified atom stereocenters. The molecule has 0 atom stereocenters. The van der Waals surface area contributed by atoms with Gasteiger partial charge in [-0.2, -0.15) is 0 Å². The molecule has 0 heterocycles. The van der Waals surface area contributed by atoms with Gasteiger partial charge in [0.1, 0.15) is 5.60 Å². The van der Waals surface area contributed by atoms with Crippen molar-refractivity contribution in [1.82, 2.24) is 4.90 Å². The van der Waals surface area contributed by atoms with Crippen LogP contribution in [0, 0.1) is 5.92 Å². The number of carbonyl (C=O) groups is 1. The van der Waals surface area contributed by atoms with Crippen LogP contribution in [0.25, 0.3) is 0 Å². The molecular weight excluding hydrogens is 393 g/mol. The zero-order valence-corrected chi connectivity index (χ0v) is 16.5. The van der Waals surface area contributed by atoms with Gasteiger partial charge in [-0.1, -0.05) is 0 Å². The van der Waals surface area contributed by atoms with Crippen molar-refractivity contribution in [3.05, 3.63) is 0 Å². The number of nitrogens with two attached hydrogens (primary N) is 1. The van der Waals surface area contributed by atoms with Gasteiger partial charge in [-0.3, -0.25) is 4.79 Å². The lowest BCUT2D eigenvalue weighted by atomic mass is 9.86. The predicted octanol–water partition coefficient (Wildman–Crippen LogP) is 2.91. The summed E-state index contributed by atoms with van der Waals surface area (Å²) in [5, 5.41) is 0. The summed E-state index contributed by atoms with van der Waals surface area (Å²) in [6, 6.07) is 0.844. The number of ether oxygens (including phenoxy) is 1. The largest absolute Gasteiger partial charge is 0.460 e. The molecule has 0 spiro atoms. The second kappa shape index (κ2) is 7.84. The molecule has 0 saturated heterocycles. The van der Waals surface area contributed by atoms with E-state index in [-0.39, 0.29) is 41.9 Å². The summed E-state index contributed by atoms with van der Waals surface area (Å²) in [5.41, 5.74) is 5.65. The van der Waals surface area contributed by atoms with Gasteiger partial charge in [-0.15, -0.1) is 24.0 Å². The van der Waals surface area contributed by atoms with Crippen LogP contribution in [0.15, 0.2) is 4.99 Å². The Hall–Kier alpha value is -0.530. The maximum absolute atomic E-state index is 12.1. The van der Waals surface area contributed by atoms with E-state index >= 15 is 0 Å².